The lowest BCUT2D eigenvalue weighted by Gasteiger charge is -2.26. The molecule has 0 bridgehead atoms. The minimum atomic E-state index is 0.0965. The Hall–Kier alpha value is -0.0600. The van der Waals surface area contributed by atoms with Gasteiger partial charge in [-0.15, -0.1) is 0 Å². The monoisotopic (exact) mass is 265 g/mol. The van der Waals surface area contributed by atoms with E-state index < -0.39 is 0 Å². The Balaban J connectivity index is 2.36. The van der Waals surface area contributed by atoms with Crippen molar-refractivity contribution in [3.05, 3.63) is 27.0 Å². The van der Waals surface area contributed by atoms with Gasteiger partial charge < -0.3 is 10.6 Å². The van der Waals surface area contributed by atoms with Crippen LogP contribution in [0.3, 0.4) is 0 Å². The fraction of sp³-hybridized carbons (Fsp3) is 0.444. The Morgan fingerprint density at radius 2 is 2.07 bits per heavy atom. The lowest BCUT2D eigenvalue weighted by molar-refractivity contribution is 0.430. The number of rotatable bonds is 1. The maximum Gasteiger partial charge on any atom is 0.148 e. The molecule has 0 amide bonds. The number of piperazine rings is 1. The van der Waals surface area contributed by atoms with E-state index in [0.29, 0.717) is 15.2 Å². The first-order valence-corrected chi connectivity index (χ1v) is 5.77. The predicted octanol–water partition coefficient (Wildman–Crippen LogP) is 2.28. The molecule has 1 fully saturated rings. The van der Waals surface area contributed by atoms with Crippen molar-refractivity contribution in [2.75, 3.05) is 19.6 Å². The summed E-state index contributed by atoms with van der Waals surface area (Å²) < 4.78 is 0. The molecule has 1 aromatic rings. The SMILES string of the molecule is Clc1cnc(Cl)c(Cl)c1[C@H]1CNCCN1. The second-order valence-corrected chi connectivity index (χ2v) is 4.48. The van der Waals surface area contributed by atoms with Crippen LogP contribution < -0.4 is 10.6 Å². The van der Waals surface area contributed by atoms with Gasteiger partial charge in [0.15, 0.2) is 0 Å². The third-order valence-electron chi connectivity index (χ3n) is 2.36. The van der Waals surface area contributed by atoms with Crippen LogP contribution >= 0.6 is 34.8 Å². The average Bonchev–Trinajstić information content (AvgIpc) is 2.26. The van der Waals surface area contributed by atoms with E-state index in [2.05, 4.69) is 15.6 Å². The van der Waals surface area contributed by atoms with Gasteiger partial charge >= 0.3 is 0 Å². The Kier molecular flexibility index (Phi) is 3.69. The minimum Gasteiger partial charge on any atom is -0.314 e. The van der Waals surface area contributed by atoms with Crippen LogP contribution in [0.15, 0.2) is 6.20 Å². The molecule has 2 N–H and O–H groups in total. The molecule has 1 aliphatic heterocycles. The number of halogens is 3. The first kappa shape index (κ1) is 11.4. The molecule has 0 saturated carbocycles. The number of nitrogens with zero attached hydrogens (tertiary/aromatic N) is 1. The smallest absolute Gasteiger partial charge is 0.148 e. The third kappa shape index (κ3) is 2.37. The van der Waals surface area contributed by atoms with E-state index in [9.17, 15) is 0 Å². The van der Waals surface area contributed by atoms with Crippen molar-refractivity contribution in [1.82, 2.24) is 15.6 Å². The van der Waals surface area contributed by atoms with Gasteiger partial charge in [0.05, 0.1) is 10.0 Å². The lowest BCUT2D eigenvalue weighted by Crippen LogP contribution is -2.42. The van der Waals surface area contributed by atoms with Gasteiger partial charge in [-0.1, -0.05) is 34.8 Å². The molecule has 0 unspecified atom stereocenters. The maximum absolute atomic E-state index is 6.09. The van der Waals surface area contributed by atoms with Gasteiger partial charge in [-0.25, -0.2) is 4.98 Å². The quantitative estimate of drug-likeness (QED) is 0.766. The van der Waals surface area contributed by atoms with Gasteiger partial charge in [0.25, 0.3) is 0 Å². The highest BCUT2D eigenvalue weighted by Crippen LogP contribution is 2.34. The summed E-state index contributed by atoms with van der Waals surface area (Å²) in [4.78, 5) is 3.89. The minimum absolute atomic E-state index is 0.0965. The van der Waals surface area contributed by atoms with Crippen molar-refractivity contribution in [3.8, 4) is 0 Å². The Labute approximate surface area is 103 Å². The van der Waals surface area contributed by atoms with Crippen LogP contribution in [0.1, 0.15) is 11.6 Å². The third-order valence-corrected chi connectivity index (χ3v) is 3.42. The van der Waals surface area contributed by atoms with E-state index in [1.54, 1.807) is 0 Å². The lowest BCUT2D eigenvalue weighted by atomic mass is 10.1. The second kappa shape index (κ2) is 4.85. The standard InChI is InChI=1S/C9H10Cl3N3/c10-5-3-15-9(12)8(11)7(5)6-4-13-1-2-14-6/h3,6,13-14H,1-2,4H2/t6-/m1/s1. The second-order valence-electron chi connectivity index (χ2n) is 3.34. The molecule has 1 aliphatic rings. The highest BCUT2D eigenvalue weighted by atomic mass is 35.5. The molecule has 3 nitrogen and oxygen atoms in total. The topological polar surface area (TPSA) is 37.0 Å². The Morgan fingerprint density at radius 3 is 2.73 bits per heavy atom. The summed E-state index contributed by atoms with van der Waals surface area (Å²) in [6, 6.07) is 0.0965. The fourth-order valence-electron chi connectivity index (χ4n) is 1.63. The van der Waals surface area contributed by atoms with Crippen LogP contribution in [-0.4, -0.2) is 24.6 Å². The summed E-state index contributed by atoms with van der Waals surface area (Å²) in [6.45, 7) is 2.63. The zero-order valence-corrected chi connectivity index (χ0v) is 10.1. The first-order valence-electron chi connectivity index (χ1n) is 4.63. The molecule has 2 rings (SSSR count). The van der Waals surface area contributed by atoms with Crippen LogP contribution in [0, 0.1) is 0 Å². The van der Waals surface area contributed by atoms with Gasteiger partial charge in [-0.2, -0.15) is 0 Å². The highest BCUT2D eigenvalue weighted by Gasteiger charge is 2.21. The zero-order valence-electron chi connectivity index (χ0n) is 7.86. The van der Waals surface area contributed by atoms with Crippen molar-refractivity contribution < 1.29 is 0 Å². The normalized spacial score (nSPS) is 21.7. The highest BCUT2D eigenvalue weighted by molar-refractivity contribution is 6.43. The average molecular weight is 267 g/mol. The van der Waals surface area contributed by atoms with E-state index >= 15 is 0 Å². The molecule has 0 aromatic carbocycles. The molecule has 0 radical (unpaired) electrons. The van der Waals surface area contributed by atoms with Gasteiger partial charge in [0.2, 0.25) is 0 Å². The van der Waals surface area contributed by atoms with Crippen LogP contribution in [0.5, 0.6) is 0 Å². The molecule has 2 heterocycles. The van der Waals surface area contributed by atoms with E-state index in [1.165, 1.54) is 6.20 Å². The molecule has 1 atom stereocenters. The molecular formula is C9H10Cl3N3. The first-order chi connectivity index (χ1) is 7.20. The van der Waals surface area contributed by atoms with Crippen molar-refractivity contribution in [2.24, 2.45) is 0 Å². The van der Waals surface area contributed by atoms with E-state index in [-0.39, 0.29) is 6.04 Å². The molecule has 1 saturated heterocycles. The van der Waals surface area contributed by atoms with Crippen molar-refractivity contribution in [3.63, 3.8) is 0 Å². The van der Waals surface area contributed by atoms with Gasteiger partial charge in [0.1, 0.15) is 5.15 Å². The zero-order chi connectivity index (χ0) is 10.8. The molecule has 15 heavy (non-hydrogen) atoms. The van der Waals surface area contributed by atoms with Gasteiger partial charge in [0, 0.05) is 37.4 Å². The predicted molar refractivity (Wildman–Crippen MR) is 62.9 cm³/mol. The summed E-state index contributed by atoms with van der Waals surface area (Å²) in [5, 5.41) is 7.87. The number of hydrogen-bond acceptors (Lipinski definition) is 3. The van der Waals surface area contributed by atoms with E-state index in [0.717, 1.165) is 25.2 Å². The maximum atomic E-state index is 6.09. The van der Waals surface area contributed by atoms with Crippen molar-refractivity contribution in [2.45, 2.75) is 6.04 Å². The Bertz CT molecular complexity index is 364. The van der Waals surface area contributed by atoms with E-state index in [1.807, 2.05) is 0 Å². The number of nitrogens with one attached hydrogen (secondary N) is 2. The summed E-state index contributed by atoms with van der Waals surface area (Å²) in [5.74, 6) is 0. The summed E-state index contributed by atoms with van der Waals surface area (Å²) >= 11 is 18.0. The number of hydrogen-bond donors (Lipinski definition) is 2. The summed E-state index contributed by atoms with van der Waals surface area (Å²) in [6.07, 6.45) is 1.53. The van der Waals surface area contributed by atoms with E-state index in [4.69, 9.17) is 34.8 Å². The molecule has 82 valence electrons. The number of aromatic nitrogens is 1. The summed E-state index contributed by atoms with van der Waals surface area (Å²) in [5.41, 5.74) is 0.825. The van der Waals surface area contributed by atoms with Crippen molar-refractivity contribution in [1.29, 1.82) is 0 Å². The Morgan fingerprint density at radius 1 is 1.27 bits per heavy atom. The van der Waals surface area contributed by atoms with Crippen LogP contribution in [0.25, 0.3) is 0 Å². The molecule has 6 heteroatoms. The van der Waals surface area contributed by atoms with Gasteiger partial charge in [-0.3, -0.25) is 0 Å². The fourth-order valence-corrected chi connectivity index (χ4v) is 2.39. The van der Waals surface area contributed by atoms with Gasteiger partial charge in [-0.05, 0) is 0 Å². The molecule has 1 aromatic heterocycles. The molecular weight excluding hydrogens is 256 g/mol. The largest absolute Gasteiger partial charge is 0.314 e. The van der Waals surface area contributed by atoms with Crippen LogP contribution in [0.4, 0.5) is 0 Å². The van der Waals surface area contributed by atoms with Crippen LogP contribution in [0.2, 0.25) is 15.2 Å². The van der Waals surface area contributed by atoms with Crippen LogP contribution in [-0.2, 0) is 0 Å². The van der Waals surface area contributed by atoms with Crippen molar-refractivity contribution >= 4 is 34.8 Å². The summed E-state index contributed by atoms with van der Waals surface area (Å²) in [7, 11) is 0. The number of pyridine rings is 1. The molecule has 0 spiro atoms. The molecule has 0 aliphatic carbocycles.